The van der Waals surface area contributed by atoms with Gasteiger partial charge < -0.3 is 0 Å². The lowest BCUT2D eigenvalue weighted by molar-refractivity contribution is -0.142. The van der Waals surface area contributed by atoms with Gasteiger partial charge in [-0.3, -0.25) is 4.99 Å². The number of aliphatic imine (C=N–C) groups is 1. The van der Waals surface area contributed by atoms with Gasteiger partial charge in [0.25, 0.3) is 0 Å². The van der Waals surface area contributed by atoms with Crippen molar-refractivity contribution in [1.29, 1.82) is 0 Å². The maximum absolute atomic E-state index is 13.4. The van der Waals surface area contributed by atoms with Gasteiger partial charge in [0.1, 0.15) is 6.67 Å². The number of nitrogens with zero attached hydrogens (tertiary/aromatic N) is 1. The van der Waals surface area contributed by atoms with Crippen molar-refractivity contribution >= 4 is 6.21 Å². The van der Waals surface area contributed by atoms with Crippen LogP contribution >= 0.6 is 0 Å². The predicted molar refractivity (Wildman–Crippen MR) is 92.9 cm³/mol. The van der Waals surface area contributed by atoms with Crippen LogP contribution in [0.15, 0.2) is 47.5 Å². The van der Waals surface area contributed by atoms with Crippen LogP contribution in [-0.2, 0) is 19.0 Å². The van der Waals surface area contributed by atoms with E-state index in [1.54, 1.807) is 6.92 Å². The zero-order valence-electron chi connectivity index (χ0n) is 14.9. The number of hydrogen-bond donors (Lipinski definition) is 0. The van der Waals surface area contributed by atoms with Gasteiger partial charge in [0.2, 0.25) is 0 Å². The molecule has 0 aliphatic rings. The summed E-state index contributed by atoms with van der Waals surface area (Å²) in [6.07, 6.45) is -7.70. The monoisotopic (exact) mass is 405 g/mol. The summed E-state index contributed by atoms with van der Waals surface area (Å²) in [5, 5.41) is 0. The summed E-state index contributed by atoms with van der Waals surface area (Å²) in [7, 11) is 0. The summed E-state index contributed by atoms with van der Waals surface area (Å²) >= 11 is 0. The minimum absolute atomic E-state index is 0.142. The van der Waals surface area contributed by atoms with E-state index in [1.807, 2.05) is 0 Å². The fourth-order valence-corrected chi connectivity index (χ4v) is 2.73. The largest absolute Gasteiger partial charge is 0.416 e. The summed E-state index contributed by atoms with van der Waals surface area (Å²) in [6, 6.07) is 6.39. The minimum Gasteiger partial charge on any atom is -0.284 e. The fraction of sp³-hybridized carbons (Fsp3) is 0.350. The van der Waals surface area contributed by atoms with Crippen molar-refractivity contribution in [2.24, 2.45) is 4.99 Å². The first-order valence-corrected chi connectivity index (χ1v) is 8.52. The third-order valence-electron chi connectivity index (χ3n) is 4.14. The second-order valence-electron chi connectivity index (χ2n) is 6.26. The Kier molecular flexibility index (Phi) is 6.85. The van der Waals surface area contributed by atoms with Gasteiger partial charge in [-0.2, -0.15) is 26.3 Å². The van der Waals surface area contributed by atoms with Crippen molar-refractivity contribution in [3.8, 4) is 0 Å². The second-order valence-corrected chi connectivity index (χ2v) is 6.26. The normalized spacial score (nSPS) is 13.9. The topological polar surface area (TPSA) is 12.4 Å². The molecule has 0 bridgehead atoms. The van der Waals surface area contributed by atoms with Crippen LogP contribution in [0.2, 0.25) is 0 Å². The molecule has 28 heavy (non-hydrogen) atoms. The highest BCUT2D eigenvalue weighted by Gasteiger charge is 2.38. The average Bonchev–Trinajstić information content (AvgIpc) is 2.63. The van der Waals surface area contributed by atoms with Crippen molar-refractivity contribution in [2.45, 2.75) is 44.8 Å². The average molecular weight is 405 g/mol. The highest BCUT2D eigenvalue weighted by atomic mass is 19.4. The third-order valence-corrected chi connectivity index (χ3v) is 4.14. The molecule has 0 N–H and O–H groups in total. The molecule has 2 rings (SSSR count). The predicted octanol–water partition coefficient (Wildman–Crippen LogP) is 7.15. The summed E-state index contributed by atoms with van der Waals surface area (Å²) in [6.45, 7) is 1.05. The molecule has 0 radical (unpaired) electrons. The Balaban J connectivity index is 2.48. The lowest BCUT2D eigenvalue weighted by atomic mass is 9.94. The van der Waals surface area contributed by atoms with Crippen LogP contribution in [0.3, 0.4) is 0 Å². The molecule has 0 amide bonds. The van der Waals surface area contributed by atoms with Gasteiger partial charge in [-0.15, -0.1) is 0 Å². The molecule has 1 unspecified atom stereocenters. The van der Waals surface area contributed by atoms with E-state index < -0.39 is 41.8 Å². The van der Waals surface area contributed by atoms with Gasteiger partial charge in [0.15, 0.2) is 0 Å². The van der Waals surface area contributed by atoms with E-state index in [-0.39, 0.29) is 6.42 Å². The third kappa shape index (κ3) is 5.56. The van der Waals surface area contributed by atoms with Crippen molar-refractivity contribution in [3.63, 3.8) is 0 Å². The van der Waals surface area contributed by atoms with E-state index in [1.165, 1.54) is 30.5 Å². The summed E-state index contributed by atoms with van der Waals surface area (Å²) in [5.74, 6) is 0. The van der Waals surface area contributed by atoms with Crippen molar-refractivity contribution in [3.05, 3.63) is 70.3 Å². The van der Waals surface area contributed by atoms with E-state index in [4.69, 9.17) is 0 Å². The van der Waals surface area contributed by atoms with E-state index in [0.717, 1.165) is 0 Å². The lowest BCUT2D eigenvalue weighted by Crippen LogP contribution is -2.14. The molecule has 0 aliphatic heterocycles. The number of alkyl halides is 7. The second kappa shape index (κ2) is 8.75. The molecule has 0 saturated carbocycles. The Labute approximate surface area is 157 Å². The Bertz CT molecular complexity index is 805. The molecule has 0 saturated heterocycles. The first-order valence-electron chi connectivity index (χ1n) is 8.52. The van der Waals surface area contributed by atoms with Gasteiger partial charge in [-0.05, 0) is 41.3 Å². The smallest absolute Gasteiger partial charge is 0.284 e. The standard InChI is InChI=1S/C20H18F7N/c1-2-3-18(28-12-14-6-4-13(11-21)5-7-14)16-10-15(19(22,23)24)8-9-17(16)20(25,26)27/h4-10,12,18H,2-3,11H2,1H3. The number of rotatable bonds is 6. The van der Waals surface area contributed by atoms with Crippen LogP contribution in [0, 0.1) is 0 Å². The van der Waals surface area contributed by atoms with Crippen LogP contribution in [0.1, 0.15) is 53.6 Å². The molecular weight excluding hydrogens is 387 g/mol. The zero-order chi connectivity index (χ0) is 20.9. The number of halogens is 7. The molecule has 0 aromatic heterocycles. The summed E-state index contributed by atoms with van der Waals surface area (Å²) in [5.41, 5.74) is -1.86. The molecule has 152 valence electrons. The van der Waals surface area contributed by atoms with E-state index in [2.05, 4.69) is 4.99 Å². The first kappa shape index (κ1) is 21.9. The Morgan fingerprint density at radius 2 is 1.57 bits per heavy atom. The molecule has 2 aromatic carbocycles. The van der Waals surface area contributed by atoms with Crippen LogP contribution in [0.4, 0.5) is 30.7 Å². The van der Waals surface area contributed by atoms with Crippen molar-refractivity contribution in [1.82, 2.24) is 0 Å². The minimum atomic E-state index is -4.80. The summed E-state index contributed by atoms with van der Waals surface area (Å²) < 4.78 is 91.7. The molecule has 8 heteroatoms. The quantitative estimate of drug-likeness (QED) is 0.357. The maximum Gasteiger partial charge on any atom is 0.416 e. The molecular formula is C20H18F7N. The molecule has 0 fully saturated rings. The molecule has 0 aliphatic carbocycles. The summed E-state index contributed by atoms with van der Waals surface area (Å²) in [4.78, 5) is 4.12. The number of hydrogen-bond acceptors (Lipinski definition) is 1. The van der Waals surface area contributed by atoms with Crippen LogP contribution in [0.25, 0.3) is 0 Å². The molecule has 1 atom stereocenters. The zero-order valence-corrected chi connectivity index (χ0v) is 14.9. The van der Waals surface area contributed by atoms with Gasteiger partial charge in [-0.1, -0.05) is 37.6 Å². The van der Waals surface area contributed by atoms with Crippen molar-refractivity contribution in [2.75, 3.05) is 0 Å². The van der Waals surface area contributed by atoms with Gasteiger partial charge in [-0.25, -0.2) is 4.39 Å². The Hall–Kier alpha value is -2.38. The van der Waals surface area contributed by atoms with Gasteiger partial charge >= 0.3 is 12.4 Å². The molecule has 2 aromatic rings. The van der Waals surface area contributed by atoms with Crippen LogP contribution in [0.5, 0.6) is 0 Å². The first-order chi connectivity index (χ1) is 13.1. The van der Waals surface area contributed by atoms with E-state index >= 15 is 0 Å². The van der Waals surface area contributed by atoms with E-state index in [0.29, 0.717) is 35.7 Å². The van der Waals surface area contributed by atoms with Crippen LogP contribution in [-0.4, -0.2) is 6.21 Å². The Morgan fingerprint density at radius 3 is 2.07 bits per heavy atom. The molecule has 0 spiro atoms. The Morgan fingerprint density at radius 1 is 0.929 bits per heavy atom. The fourth-order valence-electron chi connectivity index (χ4n) is 2.73. The number of benzene rings is 2. The SMILES string of the molecule is CCCC(N=Cc1ccc(CF)cc1)c1cc(C(F)(F)F)ccc1C(F)(F)F. The maximum atomic E-state index is 13.4. The molecule has 1 nitrogen and oxygen atoms in total. The van der Waals surface area contributed by atoms with Gasteiger partial charge in [0.05, 0.1) is 17.2 Å². The highest BCUT2D eigenvalue weighted by molar-refractivity contribution is 5.79. The lowest BCUT2D eigenvalue weighted by Gasteiger charge is -2.20. The molecule has 0 heterocycles. The van der Waals surface area contributed by atoms with Crippen LogP contribution < -0.4 is 0 Å². The van der Waals surface area contributed by atoms with Crippen molar-refractivity contribution < 1.29 is 30.7 Å². The van der Waals surface area contributed by atoms with Gasteiger partial charge in [0, 0.05) is 6.21 Å². The van der Waals surface area contributed by atoms with E-state index in [9.17, 15) is 30.7 Å². The highest BCUT2D eigenvalue weighted by Crippen LogP contribution is 2.40.